The summed E-state index contributed by atoms with van der Waals surface area (Å²) in [6, 6.07) is 15.2. The third-order valence-electron chi connectivity index (χ3n) is 5.70. The number of carbonyl (C=O) groups is 3. The SMILES string of the molecule is CC(C)(C)OC(=O)N[C@H]1CC[C@H](OC(=O)Nc2cc(CCC(=O)O)ccc2-c2ccccc2)CC1. The number of rotatable bonds is 7. The van der Waals surface area contributed by atoms with Crippen LogP contribution in [-0.4, -0.2) is 41.0 Å². The number of anilines is 1. The highest BCUT2D eigenvalue weighted by Gasteiger charge is 2.27. The van der Waals surface area contributed by atoms with Gasteiger partial charge in [0.2, 0.25) is 0 Å². The zero-order valence-electron chi connectivity index (χ0n) is 20.5. The number of hydrogen-bond acceptors (Lipinski definition) is 5. The van der Waals surface area contributed by atoms with Crippen LogP contribution in [-0.2, 0) is 20.7 Å². The van der Waals surface area contributed by atoms with Gasteiger partial charge in [0.05, 0.1) is 5.69 Å². The minimum Gasteiger partial charge on any atom is -0.481 e. The Bertz CT molecular complexity index is 1020. The number of carbonyl (C=O) groups excluding carboxylic acids is 2. The van der Waals surface area contributed by atoms with E-state index in [-0.39, 0.29) is 18.6 Å². The van der Waals surface area contributed by atoms with E-state index in [4.69, 9.17) is 14.6 Å². The minimum atomic E-state index is -0.872. The molecule has 35 heavy (non-hydrogen) atoms. The van der Waals surface area contributed by atoms with Crippen LogP contribution in [0.25, 0.3) is 11.1 Å². The number of benzene rings is 2. The minimum absolute atomic E-state index is 0.00907. The third-order valence-corrected chi connectivity index (χ3v) is 5.70. The molecule has 8 heteroatoms. The first-order valence-electron chi connectivity index (χ1n) is 12.0. The Labute approximate surface area is 206 Å². The van der Waals surface area contributed by atoms with Gasteiger partial charge in [-0.1, -0.05) is 42.5 Å². The van der Waals surface area contributed by atoms with Crippen LogP contribution in [0.15, 0.2) is 48.5 Å². The molecule has 0 spiro atoms. The predicted molar refractivity (Wildman–Crippen MR) is 133 cm³/mol. The van der Waals surface area contributed by atoms with Crippen molar-refractivity contribution in [1.29, 1.82) is 0 Å². The van der Waals surface area contributed by atoms with Gasteiger partial charge in [-0.05, 0) is 70.1 Å². The molecule has 1 fully saturated rings. The molecule has 3 N–H and O–H groups in total. The van der Waals surface area contributed by atoms with Crippen LogP contribution in [0.3, 0.4) is 0 Å². The number of hydrogen-bond donors (Lipinski definition) is 3. The molecule has 0 saturated heterocycles. The number of carboxylic acids is 1. The summed E-state index contributed by atoms with van der Waals surface area (Å²) in [6.45, 7) is 5.46. The molecule has 2 amide bonds. The van der Waals surface area contributed by atoms with Gasteiger partial charge in [0, 0.05) is 18.0 Å². The van der Waals surface area contributed by atoms with Gasteiger partial charge in [0.1, 0.15) is 11.7 Å². The van der Waals surface area contributed by atoms with E-state index in [1.54, 1.807) is 6.07 Å². The Balaban J connectivity index is 1.59. The monoisotopic (exact) mass is 482 g/mol. The topological polar surface area (TPSA) is 114 Å². The lowest BCUT2D eigenvalue weighted by Crippen LogP contribution is -2.42. The average molecular weight is 483 g/mol. The summed E-state index contributed by atoms with van der Waals surface area (Å²) in [7, 11) is 0. The van der Waals surface area contributed by atoms with Crippen molar-refractivity contribution in [2.45, 2.75) is 77.0 Å². The molecule has 1 saturated carbocycles. The molecule has 0 unspecified atom stereocenters. The van der Waals surface area contributed by atoms with Crippen molar-refractivity contribution in [3.05, 3.63) is 54.1 Å². The van der Waals surface area contributed by atoms with E-state index in [1.807, 2.05) is 63.2 Å². The quantitative estimate of drug-likeness (QED) is 0.463. The van der Waals surface area contributed by atoms with Crippen LogP contribution in [0.5, 0.6) is 0 Å². The van der Waals surface area contributed by atoms with Crippen LogP contribution < -0.4 is 10.6 Å². The van der Waals surface area contributed by atoms with Gasteiger partial charge >= 0.3 is 18.2 Å². The summed E-state index contributed by atoms with van der Waals surface area (Å²) in [5, 5.41) is 14.7. The molecule has 8 nitrogen and oxygen atoms in total. The van der Waals surface area contributed by atoms with Gasteiger partial charge in [-0.3, -0.25) is 10.1 Å². The van der Waals surface area contributed by atoms with Gasteiger partial charge in [0.25, 0.3) is 0 Å². The van der Waals surface area contributed by atoms with Crippen molar-refractivity contribution in [1.82, 2.24) is 5.32 Å². The maximum absolute atomic E-state index is 12.7. The summed E-state index contributed by atoms with van der Waals surface area (Å²) >= 11 is 0. The number of aryl methyl sites for hydroxylation is 1. The maximum atomic E-state index is 12.7. The normalized spacial score (nSPS) is 17.8. The van der Waals surface area contributed by atoms with Gasteiger partial charge in [-0.2, -0.15) is 0 Å². The average Bonchev–Trinajstić information content (AvgIpc) is 2.78. The summed E-state index contributed by atoms with van der Waals surface area (Å²) in [6.07, 6.45) is 1.79. The van der Waals surface area contributed by atoms with E-state index in [0.29, 0.717) is 37.8 Å². The molecule has 2 aromatic carbocycles. The second-order valence-corrected chi connectivity index (χ2v) is 9.79. The lowest BCUT2D eigenvalue weighted by molar-refractivity contribution is -0.136. The molecule has 0 aromatic heterocycles. The summed E-state index contributed by atoms with van der Waals surface area (Å²) in [5.74, 6) is -0.872. The van der Waals surface area contributed by atoms with Crippen molar-refractivity contribution in [3.8, 4) is 11.1 Å². The lowest BCUT2D eigenvalue weighted by Gasteiger charge is -2.30. The van der Waals surface area contributed by atoms with E-state index in [2.05, 4.69) is 10.6 Å². The van der Waals surface area contributed by atoms with Crippen LogP contribution >= 0.6 is 0 Å². The number of aliphatic carboxylic acids is 1. The van der Waals surface area contributed by atoms with Crippen LogP contribution in [0.1, 0.15) is 58.4 Å². The van der Waals surface area contributed by atoms with Crippen LogP contribution in [0, 0.1) is 0 Å². The Morgan fingerprint density at radius 2 is 1.66 bits per heavy atom. The van der Waals surface area contributed by atoms with Crippen molar-refractivity contribution >= 4 is 23.8 Å². The summed E-state index contributed by atoms with van der Waals surface area (Å²) < 4.78 is 11.0. The van der Waals surface area contributed by atoms with Crippen LogP contribution in [0.4, 0.5) is 15.3 Å². The zero-order chi connectivity index (χ0) is 25.4. The fourth-order valence-electron chi connectivity index (χ4n) is 4.06. The van der Waals surface area contributed by atoms with E-state index in [0.717, 1.165) is 16.7 Å². The number of alkyl carbamates (subject to hydrolysis) is 1. The third kappa shape index (κ3) is 8.63. The largest absolute Gasteiger partial charge is 0.481 e. The molecule has 1 aliphatic rings. The first kappa shape index (κ1) is 26.1. The molecule has 3 rings (SSSR count). The molecular weight excluding hydrogens is 448 g/mol. The fourth-order valence-corrected chi connectivity index (χ4v) is 4.06. The van der Waals surface area contributed by atoms with Gasteiger partial charge < -0.3 is 19.9 Å². The Kier molecular flexibility index (Phi) is 8.73. The van der Waals surface area contributed by atoms with E-state index < -0.39 is 23.8 Å². The number of carboxylic acid groups (broad SMARTS) is 1. The molecule has 188 valence electrons. The smallest absolute Gasteiger partial charge is 0.411 e. The predicted octanol–water partition coefficient (Wildman–Crippen LogP) is 5.76. The maximum Gasteiger partial charge on any atom is 0.411 e. The van der Waals surface area contributed by atoms with Crippen molar-refractivity contribution in [2.75, 3.05) is 5.32 Å². The molecule has 0 bridgehead atoms. The molecule has 0 atom stereocenters. The van der Waals surface area contributed by atoms with E-state index in [1.165, 1.54) is 0 Å². The molecule has 1 aliphatic carbocycles. The summed E-state index contributed by atoms with van der Waals surface area (Å²) in [4.78, 5) is 35.7. The van der Waals surface area contributed by atoms with Crippen molar-refractivity contribution in [2.24, 2.45) is 0 Å². The van der Waals surface area contributed by atoms with Gasteiger partial charge in [-0.15, -0.1) is 0 Å². The molecule has 0 aliphatic heterocycles. The molecular formula is C27H34N2O6. The molecule has 2 aromatic rings. The fraction of sp³-hybridized carbons (Fsp3) is 0.444. The highest BCUT2D eigenvalue weighted by atomic mass is 16.6. The molecule has 0 heterocycles. The Morgan fingerprint density at radius 3 is 2.29 bits per heavy atom. The Hall–Kier alpha value is -3.55. The van der Waals surface area contributed by atoms with Gasteiger partial charge in [0.15, 0.2) is 0 Å². The second kappa shape index (κ2) is 11.7. The van der Waals surface area contributed by atoms with Crippen molar-refractivity contribution in [3.63, 3.8) is 0 Å². The lowest BCUT2D eigenvalue weighted by atomic mass is 9.93. The highest BCUT2D eigenvalue weighted by molar-refractivity contribution is 5.91. The van der Waals surface area contributed by atoms with E-state index >= 15 is 0 Å². The standard InChI is InChI=1S/C27H34N2O6/c1-27(2,3)35-26(33)28-20-11-13-21(14-12-20)34-25(32)29-23-17-18(10-16-24(30)31)9-15-22(23)19-7-5-4-6-8-19/h4-9,15,17,20-21H,10-14,16H2,1-3H3,(H,28,33)(H,29,32)(H,30,31)/t20-,21-. The second-order valence-electron chi connectivity index (χ2n) is 9.79. The van der Waals surface area contributed by atoms with Gasteiger partial charge in [-0.25, -0.2) is 9.59 Å². The highest BCUT2D eigenvalue weighted by Crippen LogP contribution is 2.30. The first-order chi connectivity index (χ1) is 16.6. The Morgan fingerprint density at radius 1 is 0.971 bits per heavy atom. The van der Waals surface area contributed by atoms with E-state index in [9.17, 15) is 14.4 Å². The van der Waals surface area contributed by atoms with Crippen LogP contribution in [0.2, 0.25) is 0 Å². The zero-order valence-corrected chi connectivity index (χ0v) is 20.5. The number of nitrogens with one attached hydrogen (secondary N) is 2. The number of amides is 2. The van der Waals surface area contributed by atoms with Crippen molar-refractivity contribution < 1.29 is 29.0 Å². The summed E-state index contributed by atoms with van der Waals surface area (Å²) in [5.41, 5.74) is 2.60. The number of ether oxygens (including phenoxy) is 2. The molecule has 0 radical (unpaired) electrons. The first-order valence-corrected chi connectivity index (χ1v) is 12.0.